The molecule has 4 nitrogen and oxygen atoms in total. The molecule has 0 bridgehead atoms. The lowest BCUT2D eigenvalue weighted by atomic mass is 9.85. The van der Waals surface area contributed by atoms with E-state index in [4.69, 9.17) is 0 Å². The van der Waals surface area contributed by atoms with E-state index in [0.29, 0.717) is 6.54 Å². The molecule has 0 aromatic rings. The Balaban J connectivity index is 2.82. The molecule has 1 N–H and O–H groups in total. The molecule has 1 rings (SSSR count). The highest BCUT2D eigenvalue weighted by atomic mass is 16.2. The van der Waals surface area contributed by atoms with E-state index in [1.165, 1.54) is 0 Å². The summed E-state index contributed by atoms with van der Waals surface area (Å²) in [6, 6.07) is -0.461. The van der Waals surface area contributed by atoms with E-state index in [2.05, 4.69) is 5.32 Å². The number of carbonyl (C=O) groups excluding carboxylic acids is 2. The third-order valence-corrected chi connectivity index (χ3v) is 3.39. The fraction of sp³-hybridized carbons (Fsp3) is 0.846. The predicted molar refractivity (Wildman–Crippen MR) is 67.7 cm³/mol. The molecule has 2 atom stereocenters. The molecule has 0 saturated carbocycles. The van der Waals surface area contributed by atoms with Gasteiger partial charge >= 0.3 is 0 Å². The second kappa shape index (κ2) is 5.63. The molecule has 0 aliphatic carbocycles. The van der Waals surface area contributed by atoms with Crippen molar-refractivity contribution in [1.29, 1.82) is 0 Å². The molecule has 0 radical (unpaired) electrons. The maximum atomic E-state index is 12.4. The van der Waals surface area contributed by atoms with Gasteiger partial charge in [0.25, 0.3) is 0 Å². The zero-order chi connectivity index (χ0) is 13.1. The van der Waals surface area contributed by atoms with Crippen LogP contribution in [0, 0.1) is 5.41 Å². The Labute approximate surface area is 104 Å². The number of likely N-dealkylation sites (N-methyl/N-ethyl adjacent to an activating group) is 1. The summed E-state index contributed by atoms with van der Waals surface area (Å²) in [4.78, 5) is 25.2. The van der Waals surface area contributed by atoms with Crippen molar-refractivity contribution in [1.82, 2.24) is 10.2 Å². The molecule has 98 valence electrons. The maximum absolute atomic E-state index is 12.4. The van der Waals surface area contributed by atoms with Crippen LogP contribution < -0.4 is 5.32 Å². The Morgan fingerprint density at radius 2 is 2.06 bits per heavy atom. The predicted octanol–water partition coefficient (Wildman–Crippen LogP) is 1.20. The maximum Gasteiger partial charge on any atom is 0.240 e. The lowest BCUT2D eigenvalue weighted by Gasteiger charge is -2.38. The summed E-state index contributed by atoms with van der Waals surface area (Å²) in [7, 11) is 1.80. The smallest absolute Gasteiger partial charge is 0.240 e. The molecular formula is C13H24N2O2. The van der Waals surface area contributed by atoms with Crippen molar-refractivity contribution in [2.24, 2.45) is 5.41 Å². The van der Waals surface area contributed by atoms with Gasteiger partial charge in [0, 0.05) is 6.54 Å². The van der Waals surface area contributed by atoms with Gasteiger partial charge in [0.2, 0.25) is 5.91 Å². The van der Waals surface area contributed by atoms with Crippen molar-refractivity contribution >= 4 is 12.2 Å². The van der Waals surface area contributed by atoms with Crippen LogP contribution in [0.1, 0.15) is 40.0 Å². The number of hydrogen-bond donors (Lipinski definition) is 1. The Morgan fingerprint density at radius 1 is 1.41 bits per heavy atom. The van der Waals surface area contributed by atoms with Crippen LogP contribution in [0.4, 0.5) is 0 Å². The molecule has 4 heteroatoms. The van der Waals surface area contributed by atoms with E-state index in [9.17, 15) is 9.59 Å². The first-order chi connectivity index (χ1) is 7.91. The second-order valence-electron chi connectivity index (χ2n) is 5.82. The summed E-state index contributed by atoms with van der Waals surface area (Å²) < 4.78 is 0. The third kappa shape index (κ3) is 3.28. The van der Waals surface area contributed by atoms with E-state index in [-0.39, 0.29) is 23.4 Å². The molecule has 1 heterocycles. The average molecular weight is 240 g/mol. The molecule has 0 spiro atoms. The van der Waals surface area contributed by atoms with Gasteiger partial charge in [-0.05, 0) is 31.7 Å². The van der Waals surface area contributed by atoms with Gasteiger partial charge in [0.15, 0.2) is 0 Å². The van der Waals surface area contributed by atoms with Gasteiger partial charge in [0.05, 0.1) is 12.1 Å². The fourth-order valence-corrected chi connectivity index (χ4v) is 2.47. The van der Waals surface area contributed by atoms with Crippen LogP contribution in [-0.4, -0.2) is 42.8 Å². The van der Waals surface area contributed by atoms with Gasteiger partial charge in [-0.2, -0.15) is 0 Å². The van der Waals surface area contributed by atoms with Crippen molar-refractivity contribution in [2.75, 3.05) is 13.6 Å². The summed E-state index contributed by atoms with van der Waals surface area (Å²) in [5.74, 6) is 0.0526. The van der Waals surface area contributed by atoms with E-state index in [1.807, 2.05) is 20.8 Å². The second-order valence-corrected chi connectivity index (χ2v) is 5.82. The number of nitrogens with zero attached hydrogens (tertiary/aromatic N) is 1. The summed E-state index contributed by atoms with van der Waals surface area (Å²) in [6.45, 7) is 6.81. The Hall–Kier alpha value is -0.900. The molecule has 0 aromatic heterocycles. The van der Waals surface area contributed by atoms with E-state index >= 15 is 0 Å². The van der Waals surface area contributed by atoms with Crippen LogP contribution in [0.15, 0.2) is 0 Å². The SMILES string of the molecule is CN[C@H](C(=O)N1CCCC[C@H]1C=O)C(C)(C)C. The van der Waals surface area contributed by atoms with Crippen LogP contribution in [0.25, 0.3) is 0 Å². The minimum atomic E-state index is -0.233. The number of hydrogen-bond acceptors (Lipinski definition) is 3. The minimum absolute atomic E-state index is 0.0526. The first-order valence-electron chi connectivity index (χ1n) is 6.35. The zero-order valence-corrected chi connectivity index (χ0v) is 11.3. The standard InChI is InChI=1S/C13H24N2O2/c1-13(2,3)11(14-4)12(17)15-8-6-5-7-10(15)9-16/h9-11,14H,5-8H2,1-4H3/t10-,11+/m0/s1. The molecule has 1 amide bonds. The number of nitrogens with one attached hydrogen (secondary N) is 1. The highest BCUT2D eigenvalue weighted by Crippen LogP contribution is 2.24. The Morgan fingerprint density at radius 3 is 2.53 bits per heavy atom. The molecule has 1 fully saturated rings. The Kier molecular flexibility index (Phi) is 4.69. The summed E-state index contributed by atoms with van der Waals surface area (Å²) in [6.07, 6.45) is 3.74. The normalized spacial score (nSPS) is 23.3. The van der Waals surface area contributed by atoms with Crippen LogP contribution >= 0.6 is 0 Å². The van der Waals surface area contributed by atoms with Gasteiger partial charge in [-0.25, -0.2) is 0 Å². The third-order valence-electron chi connectivity index (χ3n) is 3.39. The van der Waals surface area contributed by atoms with E-state index < -0.39 is 0 Å². The number of carbonyl (C=O) groups is 2. The monoisotopic (exact) mass is 240 g/mol. The van der Waals surface area contributed by atoms with E-state index in [1.54, 1.807) is 11.9 Å². The first kappa shape index (κ1) is 14.2. The molecular weight excluding hydrogens is 216 g/mol. The minimum Gasteiger partial charge on any atom is -0.332 e. The molecule has 0 aromatic carbocycles. The van der Waals surface area contributed by atoms with Gasteiger partial charge < -0.3 is 15.0 Å². The van der Waals surface area contributed by atoms with Crippen molar-refractivity contribution in [3.8, 4) is 0 Å². The largest absolute Gasteiger partial charge is 0.332 e. The van der Waals surface area contributed by atoms with Gasteiger partial charge in [-0.15, -0.1) is 0 Å². The fourth-order valence-electron chi connectivity index (χ4n) is 2.47. The van der Waals surface area contributed by atoms with Crippen LogP contribution in [0.3, 0.4) is 0 Å². The highest BCUT2D eigenvalue weighted by Gasteiger charge is 2.36. The topological polar surface area (TPSA) is 49.4 Å². The van der Waals surface area contributed by atoms with Crippen molar-refractivity contribution in [3.05, 3.63) is 0 Å². The first-order valence-corrected chi connectivity index (χ1v) is 6.35. The summed E-state index contributed by atoms with van der Waals surface area (Å²) >= 11 is 0. The van der Waals surface area contributed by atoms with Crippen LogP contribution in [0.2, 0.25) is 0 Å². The Bertz CT molecular complexity index is 284. The van der Waals surface area contributed by atoms with E-state index in [0.717, 1.165) is 25.5 Å². The van der Waals surface area contributed by atoms with Gasteiger partial charge in [-0.1, -0.05) is 20.8 Å². The van der Waals surface area contributed by atoms with Gasteiger partial charge in [-0.3, -0.25) is 4.79 Å². The summed E-state index contributed by atoms with van der Waals surface area (Å²) in [5.41, 5.74) is -0.142. The summed E-state index contributed by atoms with van der Waals surface area (Å²) in [5, 5.41) is 3.08. The van der Waals surface area contributed by atoms with Crippen molar-refractivity contribution in [2.45, 2.75) is 52.1 Å². The quantitative estimate of drug-likeness (QED) is 0.754. The number of piperidine rings is 1. The highest BCUT2D eigenvalue weighted by molar-refractivity contribution is 5.85. The number of likely N-dealkylation sites (tertiary alicyclic amines) is 1. The van der Waals surface area contributed by atoms with Crippen LogP contribution in [-0.2, 0) is 9.59 Å². The number of amides is 1. The lowest BCUT2D eigenvalue weighted by Crippen LogP contribution is -2.56. The van der Waals surface area contributed by atoms with Crippen LogP contribution in [0.5, 0.6) is 0 Å². The molecule has 17 heavy (non-hydrogen) atoms. The molecule has 1 saturated heterocycles. The van der Waals surface area contributed by atoms with Crippen molar-refractivity contribution in [3.63, 3.8) is 0 Å². The molecule has 1 aliphatic rings. The number of rotatable bonds is 3. The number of aldehydes is 1. The molecule has 0 unspecified atom stereocenters. The molecule has 1 aliphatic heterocycles. The average Bonchev–Trinajstić information content (AvgIpc) is 2.27. The lowest BCUT2D eigenvalue weighted by molar-refractivity contribution is -0.142. The zero-order valence-electron chi connectivity index (χ0n) is 11.3. The van der Waals surface area contributed by atoms with Crippen molar-refractivity contribution < 1.29 is 9.59 Å². The van der Waals surface area contributed by atoms with Gasteiger partial charge in [0.1, 0.15) is 6.29 Å².